The number of hydrogen-bond donors (Lipinski definition) is 2. The highest BCUT2D eigenvalue weighted by Gasteiger charge is 2.28. The molecule has 0 atom stereocenters. The predicted molar refractivity (Wildman–Crippen MR) is 85.8 cm³/mol. The highest BCUT2D eigenvalue weighted by atomic mass is 16.3. The molecule has 0 heterocycles. The van der Waals surface area contributed by atoms with E-state index in [1.54, 1.807) is 0 Å². The van der Waals surface area contributed by atoms with Gasteiger partial charge < -0.3 is 15.3 Å². The lowest BCUT2D eigenvalue weighted by Gasteiger charge is -2.26. The molecule has 0 bridgehead atoms. The van der Waals surface area contributed by atoms with E-state index in [1.807, 2.05) is 43.3 Å². The zero-order chi connectivity index (χ0) is 15.3. The van der Waals surface area contributed by atoms with E-state index in [0.717, 1.165) is 31.4 Å². The Bertz CT molecular complexity index is 460. The van der Waals surface area contributed by atoms with Gasteiger partial charge in [0.05, 0.1) is 5.60 Å². The van der Waals surface area contributed by atoms with E-state index in [4.69, 9.17) is 0 Å². The van der Waals surface area contributed by atoms with Gasteiger partial charge in [-0.05, 0) is 37.1 Å². The summed E-state index contributed by atoms with van der Waals surface area (Å²) in [5.74, 6) is -0.113. The fourth-order valence-electron chi connectivity index (χ4n) is 2.82. The third kappa shape index (κ3) is 4.46. The van der Waals surface area contributed by atoms with Crippen molar-refractivity contribution in [1.29, 1.82) is 0 Å². The quantitative estimate of drug-likeness (QED) is 0.838. The van der Waals surface area contributed by atoms with Crippen molar-refractivity contribution in [3.63, 3.8) is 0 Å². The average Bonchev–Trinajstić information content (AvgIpc) is 2.70. The summed E-state index contributed by atoms with van der Waals surface area (Å²) in [7, 11) is 3.94. The number of carbonyl (C=O) groups excluding carboxylic acids is 1. The van der Waals surface area contributed by atoms with Crippen LogP contribution in [0.2, 0.25) is 0 Å². The normalized spacial score (nSPS) is 17.9. The van der Waals surface area contributed by atoms with E-state index < -0.39 is 5.60 Å². The molecule has 21 heavy (non-hydrogen) atoms. The largest absolute Gasteiger partial charge is 0.388 e. The van der Waals surface area contributed by atoms with Gasteiger partial charge in [0.2, 0.25) is 0 Å². The second-order valence-corrected chi connectivity index (χ2v) is 6.26. The Morgan fingerprint density at radius 2 is 1.71 bits per heavy atom. The highest BCUT2D eigenvalue weighted by molar-refractivity contribution is 5.94. The zero-order valence-corrected chi connectivity index (χ0v) is 13.1. The van der Waals surface area contributed by atoms with Crippen molar-refractivity contribution in [3.05, 3.63) is 29.8 Å². The second-order valence-electron chi connectivity index (χ2n) is 6.26. The maximum atomic E-state index is 12.2. The number of rotatable bonds is 4. The summed E-state index contributed by atoms with van der Waals surface area (Å²) < 4.78 is 0. The van der Waals surface area contributed by atoms with Crippen LogP contribution in [-0.4, -0.2) is 37.3 Å². The highest BCUT2D eigenvalue weighted by Crippen LogP contribution is 2.26. The van der Waals surface area contributed by atoms with Gasteiger partial charge in [-0.1, -0.05) is 25.7 Å². The standard InChI is InChI=1S/C17H26N2O2/c1-19(2)15-9-7-14(8-10-15)16(20)18-13-17(21)11-5-3-4-6-12-17/h7-10,21H,3-6,11-13H2,1-2H3,(H,18,20). The summed E-state index contributed by atoms with van der Waals surface area (Å²) in [6.07, 6.45) is 6.03. The van der Waals surface area contributed by atoms with E-state index in [1.165, 1.54) is 12.8 Å². The molecule has 1 aromatic rings. The van der Waals surface area contributed by atoms with Crippen LogP contribution < -0.4 is 10.2 Å². The van der Waals surface area contributed by atoms with Crippen LogP contribution >= 0.6 is 0 Å². The number of hydrogen-bond acceptors (Lipinski definition) is 3. The monoisotopic (exact) mass is 290 g/mol. The first kappa shape index (κ1) is 15.8. The molecule has 2 N–H and O–H groups in total. The number of carbonyl (C=O) groups is 1. The zero-order valence-electron chi connectivity index (χ0n) is 13.1. The summed E-state index contributed by atoms with van der Waals surface area (Å²) in [5, 5.41) is 13.4. The van der Waals surface area contributed by atoms with Gasteiger partial charge in [0.15, 0.2) is 0 Å². The van der Waals surface area contributed by atoms with Gasteiger partial charge in [0.25, 0.3) is 5.91 Å². The molecule has 4 nitrogen and oxygen atoms in total. The van der Waals surface area contributed by atoms with Crippen LogP contribution in [0.4, 0.5) is 5.69 Å². The van der Waals surface area contributed by atoms with Gasteiger partial charge in [0.1, 0.15) is 0 Å². The van der Waals surface area contributed by atoms with E-state index in [-0.39, 0.29) is 5.91 Å². The molecule has 1 fully saturated rings. The number of anilines is 1. The minimum atomic E-state index is -0.726. The molecular weight excluding hydrogens is 264 g/mol. The van der Waals surface area contributed by atoms with Crippen molar-refractivity contribution >= 4 is 11.6 Å². The van der Waals surface area contributed by atoms with E-state index >= 15 is 0 Å². The Morgan fingerprint density at radius 3 is 2.24 bits per heavy atom. The van der Waals surface area contributed by atoms with Gasteiger partial charge in [-0.2, -0.15) is 0 Å². The van der Waals surface area contributed by atoms with Crippen LogP contribution in [0.3, 0.4) is 0 Å². The topological polar surface area (TPSA) is 52.6 Å². The van der Waals surface area contributed by atoms with E-state index in [9.17, 15) is 9.90 Å². The molecule has 0 aliphatic heterocycles. The Balaban J connectivity index is 1.91. The molecule has 1 aromatic carbocycles. The third-order valence-corrected chi connectivity index (χ3v) is 4.26. The first-order chi connectivity index (χ1) is 10.0. The summed E-state index contributed by atoms with van der Waals surface area (Å²) in [6, 6.07) is 7.49. The summed E-state index contributed by atoms with van der Waals surface area (Å²) in [5.41, 5.74) is 0.974. The third-order valence-electron chi connectivity index (χ3n) is 4.26. The van der Waals surface area contributed by atoms with Crippen LogP contribution in [0.5, 0.6) is 0 Å². The SMILES string of the molecule is CN(C)c1ccc(C(=O)NCC2(O)CCCCCC2)cc1. The molecule has 0 radical (unpaired) electrons. The van der Waals surface area contributed by atoms with Gasteiger partial charge in [-0.25, -0.2) is 0 Å². The van der Waals surface area contributed by atoms with Crippen LogP contribution in [0, 0.1) is 0 Å². The number of aliphatic hydroxyl groups is 1. The molecule has 0 unspecified atom stereocenters. The van der Waals surface area contributed by atoms with Gasteiger partial charge in [0, 0.05) is 31.9 Å². The predicted octanol–water partition coefficient (Wildman–Crippen LogP) is 2.57. The molecule has 2 rings (SSSR count). The van der Waals surface area contributed by atoms with Crippen LogP contribution in [-0.2, 0) is 0 Å². The minimum absolute atomic E-state index is 0.113. The molecule has 1 amide bonds. The molecular formula is C17H26N2O2. The van der Waals surface area contributed by atoms with Crippen molar-refractivity contribution in [1.82, 2.24) is 5.32 Å². The van der Waals surface area contributed by atoms with Crippen LogP contribution in [0.25, 0.3) is 0 Å². The molecule has 1 aliphatic rings. The number of benzene rings is 1. The molecule has 0 saturated heterocycles. The Kier molecular flexibility index (Phi) is 5.23. The van der Waals surface area contributed by atoms with Crippen molar-refractivity contribution in [2.24, 2.45) is 0 Å². The first-order valence-corrected chi connectivity index (χ1v) is 7.78. The number of amides is 1. The number of nitrogens with zero attached hydrogens (tertiary/aromatic N) is 1. The smallest absolute Gasteiger partial charge is 0.251 e. The van der Waals surface area contributed by atoms with Crippen molar-refractivity contribution < 1.29 is 9.90 Å². The minimum Gasteiger partial charge on any atom is -0.388 e. The first-order valence-electron chi connectivity index (χ1n) is 7.78. The fraction of sp³-hybridized carbons (Fsp3) is 0.588. The molecule has 1 aliphatic carbocycles. The van der Waals surface area contributed by atoms with Gasteiger partial charge in [-0.15, -0.1) is 0 Å². The molecule has 0 aromatic heterocycles. The van der Waals surface area contributed by atoms with E-state index in [2.05, 4.69) is 5.32 Å². The summed E-state index contributed by atoms with van der Waals surface area (Å²) in [4.78, 5) is 14.2. The Labute approximate surface area is 127 Å². The maximum Gasteiger partial charge on any atom is 0.251 e. The lowest BCUT2D eigenvalue weighted by atomic mass is 9.94. The lowest BCUT2D eigenvalue weighted by molar-refractivity contribution is 0.0246. The molecule has 116 valence electrons. The van der Waals surface area contributed by atoms with Crippen LogP contribution in [0.1, 0.15) is 48.9 Å². The molecule has 0 spiro atoms. The van der Waals surface area contributed by atoms with Crippen LogP contribution in [0.15, 0.2) is 24.3 Å². The van der Waals surface area contributed by atoms with E-state index in [0.29, 0.717) is 12.1 Å². The van der Waals surface area contributed by atoms with Crippen molar-refractivity contribution in [2.75, 3.05) is 25.5 Å². The maximum absolute atomic E-state index is 12.2. The molecule has 4 heteroatoms. The summed E-state index contributed by atoms with van der Waals surface area (Å²) in [6.45, 7) is 0.348. The summed E-state index contributed by atoms with van der Waals surface area (Å²) >= 11 is 0. The molecule has 1 saturated carbocycles. The second kappa shape index (κ2) is 6.94. The van der Waals surface area contributed by atoms with Gasteiger partial charge in [-0.3, -0.25) is 4.79 Å². The average molecular weight is 290 g/mol. The Morgan fingerprint density at radius 1 is 1.14 bits per heavy atom. The number of nitrogens with one attached hydrogen (secondary N) is 1. The van der Waals surface area contributed by atoms with Gasteiger partial charge >= 0.3 is 0 Å². The lowest BCUT2D eigenvalue weighted by Crippen LogP contribution is -2.42. The fourth-order valence-corrected chi connectivity index (χ4v) is 2.82. The Hall–Kier alpha value is -1.55. The van der Waals surface area contributed by atoms with Crippen molar-refractivity contribution in [3.8, 4) is 0 Å². The van der Waals surface area contributed by atoms with Crippen molar-refractivity contribution in [2.45, 2.75) is 44.1 Å².